The average Bonchev–Trinajstić information content (AvgIpc) is 2.86. The Bertz CT molecular complexity index is 947. The van der Waals surface area contributed by atoms with Crippen molar-refractivity contribution in [2.45, 2.75) is 20.4 Å². The number of nitrogens with zero attached hydrogens (tertiary/aromatic N) is 1. The van der Waals surface area contributed by atoms with Crippen LogP contribution in [0.1, 0.15) is 19.4 Å². The molecule has 1 heterocycles. The molecule has 3 rings (SSSR count). The fourth-order valence-electron chi connectivity index (χ4n) is 2.82. The van der Waals surface area contributed by atoms with Crippen molar-refractivity contribution in [2.24, 2.45) is 0 Å². The molecule has 0 spiro atoms. The summed E-state index contributed by atoms with van der Waals surface area (Å²) in [4.78, 5) is 11.7. The first-order valence-electron chi connectivity index (χ1n) is 7.61. The molecule has 116 valence electrons. The van der Waals surface area contributed by atoms with Gasteiger partial charge in [-0.1, -0.05) is 31.4 Å². The van der Waals surface area contributed by atoms with Gasteiger partial charge >= 0.3 is 5.97 Å². The molecule has 3 heteroatoms. The number of ether oxygens (including phenoxy) is 1. The van der Waals surface area contributed by atoms with Crippen LogP contribution in [-0.4, -0.2) is 10.5 Å². The largest absolute Gasteiger partial charge is 0.423 e. The van der Waals surface area contributed by atoms with Crippen molar-refractivity contribution in [3.8, 4) is 5.75 Å². The third-order valence-corrected chi connectivity index (χ3v) is 3.97. The van der Waals surface area contributed by atoms with Crippen LogP contribution in [0.2, 0.25) is 0 Å². The van der Waals surface area contributed by atoms with Gasteiger partial charge in [0.15, 0.2) is 0 Å². The molecule has 3 aromatic rings. The second-order valence-electron chi connectivity index (χ2n) is 5.57. The Morgan fingerprint density at radius 2 is 1.96 bits per heavy atom. The molecule has 0 aliphatic heterocycles. The molecule has 0 amide bonds. The number of aryl methyl sites for hydroxylation is 1. The molecular weight excluding hydrogens is 286 g/mol. The first-order chi connectivity index (χ1) is 11.0. The smallest absolute Gasteiger partial charge is 0.338 e. The molecule has 0 N–H and O–H groups in total. The number of aromatic nitrogens is 1. The van der Waals surface area contributed by atoms with Gasteiger partial charge in [0.05, 0.1) is 0 Å². The highest BCUT2D eigenvalue weighted by Gasteiger charge is 2.12. The second-order valence-corrected chi connectivity index (χ2v) is 5.57. The van der Waals surface area contributed by atoms with Crippen molar-refractivity contribution in [1.82, 2.24) is 4.57 Å². The highest BCUT2D eigenvalue weighted by Crippen LogP contribution is 2.32. The van der Waals surface area contributed by atoms with E-state index in [0.29, 0.717) is 11.3 Å². The normalized spacial score (nSPS) is 10.9. The number of esters is 1. The van der Waals surface area contributed by atoms with E-state index >= 15 is 0 Å². The Balaban J connectivity index is 2.22. The lowest BCUT2D eigenvalue weighted by atomic mass is 10.1. The third kappa shape index (κ3) is 2.55. The quantitative estimate of drug-likeness (QED) is 0.388. The molecule has 3 nitrogen and oxygen atoms in total. The van der Waals surface area contributed by atoms with Crippen LogP contribution in [0.15, 0.2) is 55.1 Å². The predicted molar refractivity (Wildman–Crippen MR) is 95.7 cm³/mol. The molecule has 0 saturated heterocycles. The topological polar surface area (TPSA) is 31.2 Å². The van der Waals surface area contributed by atoms with E-state index in [1.54, 1.807) is 6.92 Å². The molecule has 0 unspecified atom stereocenters. The lowest BCUT2D eigenvalue weighted by molar-refractivity contribution is -0.130. The van der Waals surface area contributed by atoms with E-state index in [4.69, 9.17) is 4.74 Å². The number of rotatable bonds is 4. The van der Waals surface area contributed by atoms with Gasteiger partial charge < -0.3 is 9.30 Å². The van der Waals surface area contributed by atoms with E-state index in [2.05, 4.69) is 36.8 Å². The summed E-state index contributed by atoms with van der Waals surface area (Å²) < 4.78 is 7.61. The van der Waals surface area contributed by atoms with Crippen molar-refractivity contribution in [3.05, 3.63) is 60.7 Å². The van der Waals surface area contributed by atoms with Gasteiger partial charge in [0, 0.05) is 33.9 Å². The molecule has 0 radical (unpaired) electrons. The Morgan fingerprint density at radius 3 is 2.61 bits per heavy atom. The standard InChI is InChI=1S/C20H19NO2/c1-5-14-7-9-16-17-12-15(23-20(22)13(3)4)8-10-18(17)21(6-2)19(16)11-14/h5,7-12H,1,3,6H2,2,4H3. The molecular formula is C20H19NO2. The van der Waals surface area contributed by atoms with Crippen LogP contribution in [0.4, 0.5) is 0 Å². The Kier molecular flexibility index (Phi) is 3.78. The van der Waals surface area contributed by atoms with Gasteiger partial charge in [-0.3, -0.25) is 0 Å². The monoisotopic (exact) mass is 305 g/mol. The van der Waals surface area contributed by atoms with E-state index in [-0.39, 0.29) is 0 Å². The summed E-state index contributed by atoms with van der Waals surface area (Å²) in [6.07, 6.45) is 1.84. The zero-order valence-corrected chi connectivity index (χ0v) is 13.4. The van der Waals surface area contributed by atoms with E-state index in [0.717, 1.165) is 33.9 Å². The van der Waals surface area contributed by atoms with E-state index in [1.165, 1.54) is 0 Å². The van der Waals surface area contributed by atoms with Gasteiger partial charge in [-0.2, -0.15) is 0 Å². The average molecular weight is 305 g/mol. The lowest BCUT2D eigenvalue weighted by Crippen LogP contribution is -2.07. The van der Waals surface area contributed by atoms with Crippen molar-refractivity contribution >= 4 is 33.9 Å². The molecule has 0 fully saturated rings. The minimum absolute atomic E-state index is 0.386. The van der Waals surface area contributed by atoms with Crippen LogP contribution in [0.3, 0.4) is 0 Å². The van der Waals surface area contributed by atoms with Crippen LogP contribution in [0.25, 0.3) is 27.9 Å². The minimum atomic E-state index is -0.405. The number of benzene rings is 2. The van der Waals surface area contributed by atoms with Crippen molar-refractivity contribution in [2.75, 3.05) is 0 Å². The van der Waals surface area contributed by atoms with Crippen LogP contribution < -0.4 is 4.74 Å². The number of hydrogen-bond donors (Lipinski definition) is 0. The van der Waals surface area contributed by atoms with Crippen LogP contribution in [0.5, 0.6) is 5.75 Å². The summed E-state index contributed by atoms with van der Waals surface area (Å²) in [6, 6.07) is 12.0. The molecule has 0 aliphatic rings. The Hall–Kier alpha value is -2.81. The molecule has 1 aromatic heterocycles. The fraction of sp³-hybridized carbons (Fsp3) is 0.150. The van der Waals surface area contributed by atoms with Crippen molar-refractivity contribution in [1.29, 1.82) is 0 Å². The summed E-state index contributed by atoms with van der Waals surface area (Å²) in [5.41, 5.74) is 3.75. The van der Waals surface area contributed by atoms with Gasteiger partial charge in [0.1, 0.15) is 5.75 Å². The maximum Gasteiger partial charge on any atom is 0.338 e. The van der Waals surface area contributed by atoms with Crippen molar-refractivity contribution in [3.63, 3.8) is 0 Å². The van der Waals surface area contributed by atoms with E-state index in [9.17, 15) is 4.79 Å². The lowest BCUT2D eigenvalue weighted by Gasteiger charge is -2.05. The first-order valence-corrected chi connectivity index (χ1v) is 7.61. The number of fused-ring (bicyclic) bond motifs is 3. The van der Waals surface area contributed by atoms with Crippen molar-refractivity contribution < 1.29 is 9.53 Å². The maximum absolute atomic E-state index is 11.7. The second kappa shape index (κ2) is 5.76. The third-order valence-electron chi connectivity index (χ3n) is 3.97. The maximum atomic E-state index is 11.7. The van der Waals surface area contributed by atoms with Gasteiger partial charge in [0.2, 0.25) is 0 Å². The Morgan fingerprint density at radius 1 is 1.17 bits per heavy atom. The zero-order valence-electron chi connectivity index (χ0n) is 13.4. The molecule has 0 saturated carbocycles. The number of carbonyl (C=O) groups excluding carboxylic acids is 1. The van der Waals surface area contributed by atoms with E-state index < -0.39 is 5.97 Å². The summed E-state index contributed by atoms with van der Waals surface area (Å²) in [5.74, 6) is 0.131. The van der Waals surface area contributed by atoms with Crippen LogP contribution in [-0.2, 0) is 11.3 Å². The van der Waals surface area contributed by atoms with Gasteiger partial charge in [0.25, 0.3) is 0 Å². The number of carbonyl (C=O) groups is 1. The fourth-order valence-corrected chi connectivity index (χ4v) is 2.82. The highest BCUT2D eigenvalue weighted by atomic mass is 16.5. The molecule has 2 aromatic carbocycles. The van der Waals surface area contributed by atoms with Crippen LogP contribution >= 0.6 is 0 Å². The van der Waals surface area contributed by atoms with Gasteiger partial charge in [-0.15, -0.1) is 0 Å². The summed E-state index contributed by atoms with van der Waals surface area (Å²) in [5, 5.41) is 2.21. The summed E-state index contributed by atoms with van der Waals surface area (Å²) in [7, 11) is 0. The SMILES string of the molecule is C=Cc1ccc2c3cc(OC(=O)C(=C)C)ccc3n(CC)c2c1. The minimum Gasteiger partial charge on any atom is -0.423 e. The van der Waals surface area contributed by atoms with Gasteiger partial charge in [-0.05, 0) is 43.7 Å². The molecule has 0 aliphatic carbocycles. The highest BCUT2D eigenvalue weighted by molar-refractivity contribution is 6.09. The van der Waals surface area contributed by atoms with E-state index in [1.807, 2.05) is 30.3 Å². The molecule has 0 atom stereocenters. The molecule has 23 heavy (non-hydrogen) atoms. The molecule has 0 bridgehead atoms. The zero-order chi connectivity index (χ0) is 16.6. The first kappa shape index (κ1) is 15.1. The summed E-state index contributed by atoms with van der Waals surface area (Å²) in [6.45, 7) is 12.1. The summed E-state index contributed by atoms with van der Waals surface area (Å²) >= 11 is 0. The Labute approximate surface area is 135 Å². The number of hydrogen-bond acceptors (Lipinski definition) is 2. The predicted octanol–water partition coefficient (Wildman–Crippen LogP) is 4.94. The van der Waals surface area contributed by atoms with Crippen LogP contribution in [0, 0.1) is 0 Å². The van der Waals surface area contributed by atoms with Gasteiger partial charge in [-0.25, -0.2) is 4.79 Å².